The Morgan fingerprint density at radius 1 is 1.38 bits per heavy atom. The van der Waals surface area contributed by atoms with Crippen molar-refractivity contribution >= 4 is 24.8 Å². The van der Waals surface area contributed by atoms with E-state index in [4.69, 9.17) is 5.73 Å². The molecule has 2 heterocycles. The number of hydrogen-bond acceptors (Lipinski definition) is 4. The first kappa shape index (κ1) is 15.6. The molecule has 0 saturated carbocycles. The molecule has 0 radical (unpaired) electrons. The highest BCUT2D eigenvalue weighted by Crippen LogP contribution is 2.20. The lowest BCUT2D eigenvalue weighted by atomic mass is 10.1. The molecule has 1 aromatic heterocycles. The number of piperidine rings is 1. The molecule has 0 atom stereocenters. The van der Waals surface area contributed by atoms with Crippen molar-refractivity contribution in [2.75, 3.05) is 20.1 Å². The molecule has 0 spiro atoms. The van der Waals surface area contributed by atoms with Gasteiger partial charge >= 0.3 is 0 Å². The molecule has 0 aliphatic carbocycles. The zero-order valence-corrected chi connectivity index (χ0v) is 11.0. The molecule has 0 amide bonds. The predicted octanol–water partition coefficient (Wildman–Crippen LogP) is 0.847. The number of likely N-dealkylation sites (tertiary alicyclic amines) is 1. The fourth-order valence-corrected chi connectivity index (χ4v) is 1.84. The van der Waals surface area contributed by atoms with Gasteiger partial charge in [0.2, 0.25) is 0 Å². The quantitative estimate of drug-likeness (QED) is 0.863. The second kappa shape index (κ2) is 7.06. The van der Waals surface area contributed by atoms with Gasteiger partial charge < -0.3 is 10.6 Å². The minimum atomic E-state index is 0. The molecule has 1 saturated heterocycles. The van der Waals surface area contributed by atoms with Crippen LogP contribution in [0.2, 0.25) is 0 Å². The number of halogens is 2. The fraction of sp³-hybridized carbons (Fsp3) is 0.778. The predicted molar refractivity (Wildman–Crippen MR) is 68.2 cm³/mol. The smallest absolute Gasteiger partial charge is 0.0962 e. The third-order valence-electron chi connectivity index (χ3n) is 2.83. The Kier molecular flexibility index (Phi) is 6.90. The maximum atomic E-state index is 5.49. The highest BCUT2D eigenvalue weighted by molar-refractivity contribution is 5.85. The van der Waals surface area contributed by atoms with Crippen LogP contribution in [0.1, 0.15) is 24.6 Å². The molecule has 0 aromatic carbocycles. The first-order chi connectivity index (χ1) is 6.79. The lowest BCUT2D eigenvalue weighted by Crippen LogP contribution is -2.31. The van der Waals surface area contributed by atoms with E-state index in [0.29, 0.717) is 12.6 Å². The highest BCUT2D eigenvalue weighted by Gasteiger charge is 2.18. The monoisotopic (exact) mass is 267 g/mol. The molecule has 0 bridgehead atoms. The van der Waals surface area contributed by atoms with Crippen molar-refractivity contribution in [1.82, 2.24) is 19.9 Å². The van der Waals surface area contributed by atoms with Crippen LogP contribution < -0.4 is 5.73 Å². The van der Waals surface area contributed by atoms with Crippen molar-refractivity contribution in [3.63, 3.8) is 0 Å². The van der Waals surface area contributed by atoms with Crippen molar-refractivity contribution in [2.45, 2.75) is 25.4 Å². The summed E-state index contributed by atoms with van der Waals surface area (Å²) < 4.78 is 1.97. The van der Waals surface area contributed by atoms with Crippen molar-refractivity contribution < 1.29 is 0 Å². The van der Waals surface area contributed by atoms with Gasteiger partial charge in [-0.3, -0.25) is 0 Å². The van der Waals surface area contributed by atoms with Gasteiger partial charge in [0.1, 0.15) is 0 Å². The van der Waals surface area contributed by atoms with E-state index in [1.165, 1.54) is 0 Å². The number of nitrogens with two attached hydrogens (primary N) is 1. The van der Waals surface area contributed by atoms with Gasteiger partial charge in [0.15, 0.2) is 0 Å². The van der Waals surface area contributed by atoms with E-state index in [9.17, 15) is 0 Å². The Bertz CT molecular complexity index is 296. The SMILES string of the molecule is CN1CCC(n2cc(CN)nn2)CC1.Cl.Cl. The topological polar surface area (TPSA) is 60.0 Å². The van der Waals surface area contributed by atoms with E-state index >= 15 is 0 Å². The summed E-state index contributed by atoms with van der Waals surface area (Å²) >= 11 is 0. The summed E-state index contributed by atoms with van der Waals surface area (Å²) in [6, 6.07) is 0.513. The zero-order chi connectivity index (χ0) is 9.97. The fourth-order valence-electron chi connectivity index (χ4n) is 1.84. The standard InChI is InChI=1S/C9H17N5.2ClH/c1-13-4-2-9(3-5-13)14-7-8(6-10)11-12-14;;/h7,9H,2-6,10H2,1H3;2*1H. The summed E-state index contributed by atoms with van der Waals surface area (Å²) in [5.41, 5.74) is 6.37. The zero-order valence-electron chi connectivity index (χ0n) is 9.37. The van der Waals surface area contributed by atoms with Gasteiger partial charge in [0.25, 0.3) is 0 Å². The summed E-state index contributed by atoms with van der Waals surface area (Å²) in [4.78, 5) is 2.34. The van der Waals surface area contributed by atoms with Crippen molar-refractivity contribution in [3.05, 3.63) is 11.9 Å². The van der Waals surface area contributed by atoms with E-state index in [0.717, 1.165) is 31.6 Å². The number of aromatic nitrogens is 3. The van der Waals surface area contributed by atoms with E-state index < -0.39 is 0 Å². The molecular weight excluding hydrogens is 249 g/mol. The highest BCUT2D eigenvalue weighted by atomic mass is 35.5. The molecule has 5 nitrogen and oxygen atoms in total. The average molecular weight is 268 g/mol. The van der Waals surface area contributed by atoms with Crippen LogP contribution in [0.4, 0.5) is 0 Å². The van der Waals surface area contributed by atoms with Crippen LogP contribution >= 0.6 is 24.8 Å². The van der Waals surface area contributed by atoms with E-state index in [1.807, 2.05) is 10.9 Å². The first-order valence-electron chi connectivity index (χ1n) is 5.09. The average Bonchev–Trinajstić information content (AvgIpc) is 2.67. The molecule has 94 valence electrons. The maximum Gasteiger partial charge on any atom is 0.0962 e. The van der Waals surface area contributed by atoms with Crippen molar-refractivity contribution in [2.24, 2.45) is 5.73 Å². The first-order valence-corrected chi connectivity index (χ1v) is 5.09. The third kappa shape index (κ3) is 3.59. The van der Waals surface area contributed by atoms with Gasteiger partial charge in [-0.05, 0) is 33.0 Å². The van der Waals surface area contributed by atoms with Gasteiger partial charge in [0, 0.05) is 6.54 Å². The summed E-state index contributed by atoms with van der Waals surface area (Å²) in [7, 11) is 2.16. The van der Waals surface area contributed by atoms with Crippen LogP contribution in [-0.2, 0) is 6.54 Å². The summed E-state index contributed by atoms with van der Waals surface area (Å²) in [6.45, 7) is 2.76. The Labute approximate surface area is 108 Å². The Balaban J connectivity index is 0.00000112. The Morgan fingerprint density at radius 2 is 2.00 bits per heavy atom. The Hall–Kier alpha value is -0.360. The summed E-state index contributed by atoms with van der Waals surface area (Å²) in [6.07, 6.45) is 4.28. The molecule has 1 aliphatic heterocycles. The molecule has 1 fully saturated rings. The van der Waals surface area contributed by atoms with Gasteiger partial charge in [-0.1, -0.05) is 5.21 Å². The second-order valence-electron chi connectivity index (χ2n) is 3.93. The van der Waals surface area contributed by atoms with Crippen LogP contribution in [0.3, 0.4) is 0 Å². The number of nitrogens with zero attached hydrogens (tertiary/aromatic N) is 4. The number of hydrogen-bond donors (Lipinski definition) is 1. The third-order valence-corrected chi connectivity index (χ3v) is 2.83. The van der Waals surface area contributed by atoms with E-state index in [-0.39, 0.29) is 24.8 Å². The lowest BCUT2D eigenvalue weighted by Gasteiger charge is -2.28. The van der Waals surface area contributed by atoms with Crippen molar-refractivity contribution in [1.29, 1.82) is 0 Å². The summed E-state index contributed by atoms with van der Waals surface area (Å²) in [5, 5.41) is 8.11. The molecule has 2 N–H and O–H groups in total. The van der Waals surface area contributed by atoms with E-state index in [1.54, 1.807) is 0 Å². The minimum absolute atomic E-state index is 0. The molecule has 1 aliphatic rings. The van der Waals surface area contributed by atoms with Gasteiger partial charge in [-0.25, -0.2) is 4.68 Å². The molecule has 0 unspecified atom stereocenters. The molecule has 2 rings (SSSR count). The lowest BCUT2D eigenvalue weighted by molar-refractivity contribution is 0.210. The van der Waals surface area contributed by atoms with Crippen molar-refractivity contribution in [3.8, 4) is 0 Å². The normalized spacial score (nSPS) is 17.6. The van der Waals surface area contributed by atoms with Crippen LogP contribution in [0.5, 0.6) is 0 Å². The Morgan fingerprint density at radius 3 is 2.50 bits per heavy atom. The molecule has 16 heavy (non-hydrogen) atoms. The molecule has 7 heteroatoms. The van der Waals surface area contributed by atoms with Crippen LogP contribution in [0, 0.1) is 0 Å². The summed E-state index contributed by atoms with van der Waals surface area (Å²) in [5.74, 6) is 0. The van der Waals surface area contributed by atoms with E-state index in [2.05, 4.69) is 22.3 Å². The molecular formula is C9H19Cl2N5. The maximum absolute atomic E-state index is 5.49. The van der Waals surface area contributed by atoms with Gasteiger partial charge in [0.05, 0.1) is 17.9 Å². The second-order valence-corrected chi connectivity index (χ2v) is 3.93. The number of rotatable bonds is 2. The van der Waals surface area contributed by atoms with Crippen LogP contribution in [0.15, 0.2) is 6.20 Å². The van der Waals surface area contributed by atoms with Crippen LogP contribution in [0.25, 0.3) is 0 Å². The van der Waals surface area contributed by atoms with Gasteiger partial charge in [-0.2, -0.15) is 0 Å². The van der Waals surface area contributed by atoms with Crippen LogP contribution in [-0.4, -0.2) is 40.0 Å². The molecule has 1 aromatic rings. The minimum Gasteiger partial charge on any atom is -0.325 e. The van der Waals surface area contributed by atoms with Gasteiger partial charge in [-0.15, -0.1) is 29.9 Å². The largest absolute Gasteiger partial charge is 0.325 e.